The number of carbonyl (C=O) groups is 1. The minimum atomic E-state index is -0.533. The fourth-order valence-electron chi connectivity index (χ4n) is 2.02. The molecule has 0 fully saturated rings. The van der Waals surface area contributed by atoms with E-state index in [0.717, 1.165) is 6.42 Å². The van der Waals surface area contributed by atoms with Gasteiger partial charge in [-0.2, -0.15) is 0 Å². The van der Waals surface area contributed by atoms with Gasteiger partial charge in [0.05, 0.1) is 24.3 Å². The molecule has 0 heterocycles. The number of hydrogen-bond donors (Lipinski definition) is 1. The lowest BCUT2D eigenvalue weighted by Gasteiger charge is -2.10. The van der Waals surface area contributed by atoms with Crippen LogP contribution in [-0.4, -0.2) is 24.5 Å². The largest absolute Gasteiger partial charge is 0.495 e. The highest BCUT2D eigenvalue weighted by molar-refractivity contribution is 6.05. The van der Waals surface area contributed by atoms with Crippen molar-refractivity contribution in [1.29, 1.82) is 0 Å². The van der Waals surface area contributed by atoms with Gasteiger partial charge in [-0.15, -0.1) is 0 Å². The maximum atomic E-state index is 12.3. The smallest absolute Gasteiger partial charge is 0.271 e. The zero-order valence-electron chi connectivity index (χ0n) is 13.4. The second-order valence-corrected chi connectivity index (χ2v) is 4.97. The van der Waals surface area contributed by atoms with E-state index >= 15 is 0 Å². The Morgan fingerprint density at radius 3 is 2.50 bits per heavy atom. The number of rotatable bonds is 7. The van der Waals surface area contributed by atoms with Crippen LogP contribution in [0.1, 0.15) is 23.7 Å². The Morgan fingerprint density at radius 2 is 1.92 bits per heavy atom. The maximum Gasteiger partial charge on any atom is 0.271 e. The molecule has 0 atom stereocenters. The molecule has 0 saturated carbocycles. The molecule has 0 bridgehead atoms. The predicted octanol–water partition coefficient (Wildman–Crippen LogP) is 3.64. The molecular formula is C17H18N2O5. The molecule has 0 aliphatic carbocycles. The second kappa shape index (κ2) is 7.96. The molecule has 1 amide bonds. The van der Waals surface area contributed by atoms with E-state index in [9.17, 15) is 14.9 Å². The summed E-state index contributed by atoms with van der Waals surface area (Å²) in [7, 11) is 1.43. The van der Waals surface area contributed by atoms with Gasteiger partial charge in [0.25, 0.3) is 11.6 Å². The van der Waals surface area contributed by atoms with Gasteiger partial charge in [0.2, 0.25) is 0 Å². The van der Waals surface area contributed by atoms with Gasteiger partial charge in [0, 0.05) is 17.7 Å². The van der Waals surface area contributed by atoms with Crippen LogP contribution >= 0.6 is 0 Å². The Kier molecular flexibility index (Phi) is 5.73. The normalized spacial score (nSPS) is 10.1. The molecule has 7 nitrogen and oxygen atoms in total. The molecule has 0 radical (unpaired) electrons. The van der Waals surface area contributed by atoms with Crippen molar-refractivity contribution in [2.24, 2.45) is 0 Å². The van der Waals surface area contributed by atoms with Crippen LogP contribution in [0, 0.1) is 10.1 Å². The average molecular weight is 330 g/mol. The molecule has 0 spiro atoms. The van der Waals surface area contributed by atoms with Crippen LogP contribution in [0.3, 0.4) is 0 Å². The number of methoxy groups -OCH3 is 1. The van der Waals surface area contributed by atoms with E-state index in [-0.39, 0.29) is 11.4 Å². The molecule has 0 aliphatic rings. The van der Waals surface area contributed by atoms with Gasteiger partial charge < -0.3 is 14.8 Å². The zero-order valence-corrected chi connectivity index (χ0v) is 13.4. The van der Waals surface area contributed by atoms with Gasteiger partial charge in [-0.25, -0.2) is 0 Å². The minimum absolute atomic E-state index is 0.130. The number of nitro groups is 1. The summed E-state index contributed by atoms with van der Waals surface area (Å²) in [4.78, 5) is 22.6. The number of ether oxygens (including phenoxy) is 2. The van der Waals surface area contributed by atoms with Crippen LogP contribution < -0.4 is 14.8 Å². The third-order valence-corrected chi connectivity index (χ3v) is 3.23. The number of benzene rings is 2. The highest BCUT2D eigenvalue weighted by Gasteiger charge is 2.14. The van der Waals surface area contributed by atoms with E-state index in [0.29, 0.717) is 23.7 Å². The number of hydrogen-bond acceptors (Lipinski definition) is 5. The molecule has 2 aromatic carbocycles. The number of nitrogens with zero attached hydrogens (tertiary/aromatic N) is 1. The molecule has 126 valence electrons. The van der Waals surface area contributed by atoms with Crippen molar-refractivity contribution in [2.75, 3.05) is 19.0 Å². The fourth-order valence-corrected chi connectivity index (χ4v) is 2.02. The van der Waals surface area contributed by atoms with Crippen LogP contribution in [0.5, 0.6) is 11.5 Å². The number of anilines is 1. The Hall–Kier alpha value is -3.09. The van der Waals surface area contributed by atoms with Crippen LogP contribution in [0.15, 0.2) is 42.5 Å². The first-order valence-electron chi connectivity index (χ1n) is 7.41. The van der Waals surface area contributed by atoms with Crippen molar-refractivity contribution < 1.29 is 19.2 Å². The summed E-state index contributed by atoms with van der Waals surface area (Å²) in [6.45, 7) is 2.62. The topological polar surface area (TPSA) is 90.7 Å². The predicted molar refractivity (Wildman–Crippen MR) is 89.8 cm³/mol. The van der Waals surface area contributed by atoms with Crippen molar-refractivity contribution in [3.63, 3.8) is 0 Å². The first-order valence-corrected chi connectivity index (χ1v) is 7.41. The van der Waals surface area contributed by atoms with E-state index in [4.69, 9.17) is 9.47 Å². The maximum absolute atomic E-state index is 12.3. The molecule has 0 aromatic heterocycles. The number of nitrogens with one attached hydrogen (secondary N) is 1. The summed E-state index contributed by atoms with van der Waals surface area (Å²) >= 11 is 0. The third kappa shape index (κ3) is 4.22. The molecule has 0 saturated heterocycles. The van der Waals surface area contributed by atoms with Crippen LogP contribution in [-0.2, 0) is 0 Å². The van der Waals surface area contributed by atoms with Crippen molar-refractivity contribution in [1.82, 2.24) is 0 Å². The van der Waals surface area contributed by atoms with E-state index in [1.54, 1.807) is 24.3 Å². The highest BCUT2D eigenvalue weighted by atomic mass is 16.6. The quantitative estimate of drug-likeness (QED) is 0.618. The van der Waals surface area contributed by atoms with Crippen LogP contribution in [0.25, 0.3) is 0 Å². The molecule has 7 heteroatoms. The van der Waals surface area contributed by atoms with Gasteiger partial charge in [-0.05, 0) is 36.8 Å². The number of carbonyl (C=O) groups excluding carboxylic acids is 1. The van der Waals surface area contributed by atoms with Crippen molar-refractivity contribution in [3.8, 4) is 11.5 Å². The summed E-state index contributed by atoms with van der Waals surface area (Å²) in [5.74, 6) is 0.633. The van der Waals surface area contributed by atoms with Gasteiger partial charge in [0.15, 0.2) is 0 Å². The third-order valence-electron chi connectivity index (χ3n) is 3.23. The monoisotopic (exact) mass is 330 g/mol. The van der Waals surface area contributed by atoms with E-state index in [1.165, 1.54) is 25.3 Å². The number of nitro benzene ring substituents is 1. The van der Waals surface area contributed by atoms with Crippen molar-refractivity contribution in [2.45, 2.75) is 13.3 Å². The molecule has 2 rings (SSSR count). The Bertz CT molecular complexity index is 728. The lowest BCUT2D eigenvalue weighted by molar-refractivity contribution is -0.384. The van der Waals surface area contributed by atoms with Gasteiger partial charge >= 0.3 is 0 Å². The Morgan fingerprint density at radius 1 is 1.21 bits per heavy atom. The Labute approximate surface area is 139 Å². The molecular weight excluding hydrogens is 312 g/mol. The summed E-state index contributed by atoms with van der Waals surface area (Å²) in [6.07, 6.45) is 0.898. The zero-order chi connectivity index (χ0) is 17.5. The SMILES string of the molecule is CCCOc1ccc(C(=O)Nc2cc([N+](=O)[O-])ccc2OC)cc1. The standard InChI is InChI=1S/C17H18N2O5/c1-3-10-24-14-7-4-12(5-8-14)17(20)18-15-11-13(19(21)22)6-9-16(15)23-2/h4-9,11H,3,10H2,1-2H3,(H,18,20). The number of non-ortho nitro benzene ring substituents is 1. The van der Waals surface area contributed by atoms with E-state index < -0.39 is 10.8 Å². The van der Waals surface area contributed by atoms with Crippen LogP contribution in [0.4, 0.5) is 11.4 Å². The minimum Gasteiger partial charge on any atom is -0.495 e. The second-order valence-electron chi connectivity index (χ2n) is 4.97. The highest BCUT2D eigenvalue weighted by Crippen LogP contribution is 2.29. The molecule has 0 aliphatic heterocycles. The van der Waals surface area contributed by atoms with Crippen molar-refractivity contribution >= 4 is 17.3 Å². The van der Waals surface area contributed by atoms with Gasteiger partial charge in [-0.3, -0.25) is 14.9 Å². The van der Waals surface area contributed by atoms with Gasteiger partial charge in [0.1, 0.15) is 11.5 Å². The summed E-state index contributed by atoms with van der Waals surface area (Å²) < 4.78 is 10.6. The summed E-state index contributed by atoms with van der Waals surface area (Å²) in [5, 5.41) is 13.5. The lowest BCUT2D eigenvalue weighted by atomic mass is 10.2. The summed E-state index contributed by atoms with van der Waals surface area (Å²) in [6, 6.07) is 10.7. The average Bonchev–Trinajstić information content (AvgIpc) is 2.60. The first-order chi connectivity index (χ1) is 11.5. The lowest BCUT2D eigenvalue weighted by Crippen LogP contribution is -2.12. The van der Waals surface area contributed by atoms with Gasteiger partial charge in [-0.1, -0.05) is 6.92 Å². The Balaban J connectivity index is 2.16. The molecule has 24 heavy (non-hydrogen) atoms. The number of amides is 1. The fraction of sp³-hybridized carbons (Fsp3) is 0.235. The summed E-state index contributed by atoms with van der Waals surface area (Å²) in [5.41, 5.74) is 0.518. The van der Waals surface area contributed by atoms with Crippen molar-refractivity contribution in [3.05, 3.63) is 58.1 Å². The van der Waals surface area contributed by atoms with E-state index in [1.807, 2.05) is 6.92 Å². The van der Waals surface area contributed by atoms with Crippen LogP contribution in [0.2, 0.25) is 0 Å². The molecule has 0 unspecified atom stereocenters. The molecule has 1 N–H and O–H groups in total. The van der Waals surface area contributed by atoms with E-state index in [2.05, 4.69) is 5.32 Å². The molecule has 2 aromatic rings. The first kappa shape index (κ1) is 17.3.